The number of aromatic nitrogens is 2. The van der Waals surface area contributed by atoms with E-state index in [0.29, 0.717) is 23.8 Å². The molecule has 2 aliphatic heterocycles. The van der Waals surface area contributed by atoms with Gasteiger partial charge in [0, 0.05) is 6.54 Å². The summed E-state index contributed by atoms with van der Waals surface area (Å²) < 4.78 is 47.0. The molecule has 11 nitrogen and oxygen atoms in total. The zero-order valence-electron chi connectivity index (χ0n) is 16.6. The lowest BCUT2D eigenvalue weighted by atomic mass is 10.0. The van der Waals surface area contributed by atoms with Gasteiger partial charge in [-0.3, -0.25) is 4.55 Å². The minimum atomic E-state index is -4.78. The van der Waals surface area contributed by atoms with Gasteiger partial charge in [0.25, 0.3) is 0 Å². The first-order valence-electron chi connectivity index (χ1n) is 9.01. The highest BCUT2D eigenvalue weighted by Gasteiger charge is 2.49. The van der Waals surface area contributed by atoms with E-state index in [2.05, 4.69) is 48.3 Å². The third-order valence-electron chi connectivity index (χ3n) is 5.63. The standard InChI is InChI=1S/C15H26N4O7SSi/c1-15(2,3)28(4,5)24-9-12-16-17-13(25-12)11-7-6-10-8-18(11)14(20)19(10)26-27(21,22)23/h10-11H,6-9H2,1-5H3,(H,21,22,23). The van der Waals surface area contributed by atoms with Gasteiger partial charge in [0.05, 0.1) is 6.04 Å². The van der Waals surface area contributed by atoms with Gasteiger partial charge in [-0.25, -0.2) is 4.79 Å². The maximum atomic E-state index is 12.5. The third-order valence-corrected chi connectivity index (χ3v) is 10.5. The highest BCUT2D eigenvalue weighted by molar-refractivity contribution is 7.80. The van der Waals surface area contributed by atoms with E-state index in [0.717, 1.165) is 0 Å². The molecule has 0 spiro atoms. The summed E-state index contributed by atoms with van der Waals surface area (Å²) in [5, 5.41) is 8.81. The Morgan fingerprint density at radius 2 is 1.96 bits per heavy atom. The molecule has 3 heterocycles. The monoisotopic (exact) mass is 434 g/mol. The number of urea groups is 1. The molecule has 0 aromatic carbocycles. The average Bonchev–Trinajstić information content (AvgIpc) is 3.11. The second-order valence-electron chi connectivity index (χ2n) is 8.59. The average molecular weight is 435 g/mol. The van der Waals surface area contributed by atoms with Gasteiger partial charge in [0.15, 0.2) is 8.32 Å². The number of amides is 2. The SMILES string of the molecule is CC(C)(C)[Si](C)(C)OCc1nnc(C2CCC3CN2C(=O)N3OS(=O)(=O)O)o1. The first-order chi connectivity index (χ1) is 12.8. The number of nitrogens with zero attached hydrogens (tertiary/aromatic N) is 4. The van der Waals surface area contributed by atoms with Crippen LogP contribution in [0.2, 0.25) is 18.1 Å². The van der Waals surface area contributed by atoms with Crippen molar-refractivity contribution in [2.75, 3.05) is 6.54 Å². The fourth-order valence-electron chi connectivity index (χ4n) is 3.01. The van der Waals surface area contributed by atoms with Crippen molar-refractivity contribution in [2.24, 2.45) is 0 Å². The summed E-state index contributed by atoms with van der Waals surface area (Å²) in [6, 6.07) is -1.61. The van der Waals surface area contributed by atoms with E-state index in [1.165, 1.54) is 4.90 Å². The van der Waals surface area contributed by atoms with Crippen molar-refractivity contribution in [3.8, 4) is 0 Å². The fraction of sp³-hybridized carbons (Fsp3) is 0.800. The number of rotatable bonds is 6. The molecule has 0 radical (unpaired) electrons. The number of piperidine rings is 1. The minimum absolute atomic E-state index is 0.0483. The molecule has 28 heavy (non-hydrogen) atoms. The van der Waals surface area contributed by atoms with Gasteiger partial charge < -0.3 is 13.7 Å². The molecule has 2 aliphatic rings. The molecule has 1 N–H and O–H groups in total. The predicted octanol–water partition coefficient (Wildman–Crippen LogP) is 2.27. The van der Waals surface area contributed by atoms with Gasteiger partial charge in [-0.05, 0) is 31.0 Å². The molecule has 158 valence electrons. The summed E-state index contributed by atoms with van der Waals surface area (Å²) in [6.07, 6.45) is 0.979. The first kappa shape index (κ1) is 21.2. The van der Waals surface area contributed by atoms with E-state index in [1.807, 2.05) is 0 Å². The maximum Gasteiger partial charge on any atom is 0.418 e. The molecule has 0 aliphatic carbocycles. The zero-order chi connectivity index (χ0) is 20.9. The van der Waals surface area contributed by atoms with Gasteiger partial charge in [-0.2, -0.15) is 13.5 Å². The summed E-state index contributed by atoms with van der Waals surface area (Å²) in [5.74, 6) is 0.606. The maximum absolute atomic E-state index is 12.5. The van der Waals surface area contributed by atoms with Gasteiger partial charge in [0.1, 0.15) is 12.6 Å². The second-order valence-corrected chi connectivity index (χ2v) is 14.4. The minimum Gasteiger partial charge on any atom is -0.421 e. The van der Waals surface area contributed by atoms with Crippen LogP contribution in [0.4, 0.5) is 4.79 Å². The van der Waals surface area contributed by atoms with Crippen LogP contribution in [-0.2, 0) is 25.7 Å². The van der Waals surface area contributed by atoms with Crippen molar-refractivity contribution in [3.05, 3.63) is 11.8 Å². The van der Waals surface area contributed by atoms with Crippen molar-refractivity contribution >= 4 is 24.7 Å². The molecule has 2 saturated heterocycles. The molecule has 2 fully saturated rings. The van der Waals surface area contributed by atoms with Crippen LogP contribution in [-0.4, -0.2) is 60.1 Å². The van der Waals surface area contributed by atoms with Crippen molar-refractivity contribution in [2.45, 2.75) is 70.4 Å². The van der Waals surface area contributed by atoms with Crippen molar-refractivity contribution in [1.29, 1.82) is 0 Å². The van der Waals surface area contributed by atoms with Crippen LogP contribution in [0.3, 0.4) is 0 Å². The Kier molecular flexibility index (Phi) is 5.33. The van der Waals surface area contributed by atoms with Crippen molar-refractivity contribution < 1.29 is 30.9 Å². The zero-order valence-corrected chi connectivity index (χ0v) is 18.4. The van der Waals surface area contributed by atoms with Crippen molar-refractivity contribution in [3.63, 3.8) is 0 Å². The number of carbonyl (C=O) groups excluding carboxylic acids is 1. The molecular formula is C15H26N4O7SSi. The van der Waals surface area contributed by atoms with Crippen LogP contribution in [0.15, 0.2) is 4.42 Å². The lowest BCUT2D eigenvalue weighted by Crippen LogP contribution is -2.40. The highest BCUT2D eigenvalue weighted by Crippen LogP contribution is 2.39. The summed E-state index contributed by atoms with van der Waals surface area (Å²) in [5.41, 5.74) is 0. The van der Waals surface area contributed by atoms with Crippen LogP contribution in [0.5, 0.6) is 0 Å². The lowest BCUT2D eigenvalue weighted by molar-refractivity contribution is -0.0317. The Balaban J connectivity index is 1.69. The van der Waals surface area contributed by atoms with Crippen LogP contribution < -0.4 is 0 Å². The molecule has 1 aromatic rings. The Labute approximate surface area is 165 Å². The van der Waals surface area contributed by atoms with Gasteiger partial charge >= 0.3 is 16.4 Å². The second kappa shape index (κ2) is 7.06. The molecule has 2 amide bonds. The molecule has 0 saturated carbocycles. The number of hydrogen-bond donors (Lipinski definition) is 1. The third kappa shape index (κ3) is 4.22. The normalized spacial score (nSPS) is 23.6. The summed E-state index contributed by atoms with van der Waals surface area (Å²) >= 11 is 0. The molecular weight excluding hydrogens is 408 g/mol. The quantitative estimate of drug-likeness (QED) is 0.528. The van der Waals surface area contributed by atoms with Gasteiger partial charge in [0.2, 0.25) is 11.8 Å². The Morgan fingerprint density at radius 1 is 1.29 bits per heavy atom. The number of hydroxylamine groups is 2. The number of fused-ring (bicyclic) bond motifs is 2. The first-order valence-corrected chi connectivity index (χ1v) is 13.3. The predicted molar refractivity (Wildman–Crippen MR) is 98.6 cm³/mol. The Hall–Kier alpha value is -1.54. The Bertz CT molecular complexity index is 851. The lowest BCUT2D eigenvalue weighted by Gasteiger charge is -2.35. The summed E-state index contributed by atoms with van der Waals surface area (Å²) in [7, 11) is -6.75. The van der Waals surface area contributed by atoms with Gasteiger partial charge in [-0.1, -0.05) is 20.8 Å². The van der Waals surface area contributed by atoms with E-state index >= 15 is 0 Å². The van der Waals surface area contributed by atoms with E-state index in [4.69, 9.17) is 13.4 Å². The summed E-state index contributed by atoms with van der Waals surface area (Å²) in [4.78, 5) is 13.9. The number of carbonyl (C=O) groups is 1. The molecule has 2 atom stereocenters. The van der Waals surface area contributed by atoms with Crippen molar-refractivity contribution in [1.82, 2.24) is 20.2 Å². The largest absolute Gasteiger partial charge is 0.421 e. The van der Waals surface area contributed by atoms with E-state index < -0.39 is 36.8 Å². The van der Waals surface area contributed by atoms with Crippen LogP contribution >= 0.6 is 0 Å². The Morgan fingerprint density at radius 3 is 2.57 bits per heavy atom. The number of hydrogen-bond acceptors (Lipinski definition) is 8. The van der Waals surface area contributed by atoms with Crippen LogP contribution in [0.1, 0.15) is 51.4 Å². The topological polar surface area (TPSA) is 135 Å². The van der Waals surface area contributed by atoms with E-state index in [-0.39, 0.29) is 24.1 Å². The molecule has 3 rings (SSSR count). The van der Waals surface area contributed by atoms with Crippen LogP contribution in [0.25, 0.3) is 0 Å². The van der Waals surface area contributed by atoms with E-state index in [1.54, 1.807) is 0 Å². The molecule has 2 unspecified atom stereocenters. The van der Waals surface area contributed by atoms with Crippen LogP contribution in [0, 0.1) is 0 Å². The molecule has 13 heteroatoms. The summed E-state index contributed by atoms with van der Waals surface area (Å²) in [6.45, 7) is 11.1. The highest BCUT2D eigenvalue weighted by atomic mass is 32.3. The molecule has 1 aromatic heterocycles. The smallest absolute Gasteiger partial charge is 0.418 e. The fourth-order valence-corrected chi connectivity index (χ4v) is 4.31. The molecule has 2 bridgehead atoms. The van der Waals surface area contributed by atoms with E-state index in [9.17, 15) is 13.2 Å². The van der Waals surface area contributed by atoms with Gasteiger partial charge in [-0.15, -0.1) is 14.5 Å².